The molecule has 1 N–H and O–H groups in total. The Bertz CT molecular complexity index is 1210. The number of aliphatic imine (C=N–C) groups is 1. The minimum absolute atomic E-state index is 0.141. The number of rotatable bonds is 3. The molecule has 0 radical (unpaired) electrons. The highest BCUT2D eigenvalue weighted by molar-refractivity contribution is 6.30. The quantitative estimate of drug-likeness (QED) is 0.416. The predicted octanol–water partition coefficient (Wildman–Crippen LogP) is 4.70. The Morgan fingerprint density at radius 2 is 1.67 bits per heavy atom. The first kappa shape index (κ1) is 17.0. The lowest BCUT2D eigenvalue weighted by atomic mass is 10.1. The van der Waals surface area contributed by atoms with E-state index in [4.69, 9.17) is 11.6 Å². The number of halogens is 1. The zero-order chi connectivity index (χ0) is 18.8. The Morgan fingerprint density at radius 1 is 0.963 bits per heavy atom. The van der Waals surface area contributed by atoms with Crippen molar-refractivity contribution in [2.45, 2.75) is 0 Å². The number of hydrogen-bond acceptors (Lipinski definition) is 4. The third-order valence-electron chi connectivity index (χ3n) is 4.12. The average molecular weight is 376 g/mol. The molecule has 0 aliphatic carbocycles. The molecule has 0 atom stereocenters. The van der Waals surface area contributed by atoms with Gasteiger partial charge in [-0.15, -0.1) is 4.73 Å². The van der Waals surface area contributed by atoms with Crippen LogP contribution in [-0.4, -0.2) is 21.1 Å². The van der Waals surface area contributed by atoms with Crippen molar-refractivity contribution in [3.63, 3.8) is 0 Å². The van der Waals surface area contributed by atoms with Crippen molar-refractivity contribution in [3.8, 4) is 11.4 Å². The summed E-state index contributed by atoms with van der Waals surface area (Å²) in [5.41, 5.74) is 2.00. The molecule has 27 heavy (non-hydrogen) atoms. The smallest absolute Gasteiger partial charge is 0.294 e. The fraction of sp³-hybridized carbons (Fsp3) is 0. The summed E-state index contributed by atoms with van der Waals surface area (Å²) in [4.78, 5) is 21.4. The summed E-state index contributed by atoms with van der Waals surface area (Å²) in [5, 5.41) is 11.4. The molecule has 0 saturated heterocycles. The van der Waals surface area contributed by atoms with E-state index in [0.29, 0.717) is 31.9 Å². The summed E-state index contributed by atoms with van der Waals surface area (Å²) in [5.74, 6) is 0.141. The van der Waals surface area contributed by atoms with E-state index in [1.54, 1.807) is 60.8 Å². The van der Waals surface area contributed by atoms with Gasteiger partial charge in [-0.25, -0.2) is 4.98 Å². The molecule has 0 spiro atoms. The Kier molecular flexibility index (Phi) is 4.44. The fourth-order valence-corrected chi connectivity index (χ4v) is 2.89. The second-order valence-corrected chi connectivity index (χ2v) is 6.33. The number of benzene rings is 3. The minimum Gasteiger partial charge on any atom is -0.423 e. The molecule has 1 heterocycles. The van der Waals surface area contributed by atoms with Crippen molar-refractivity contribution in [3.05, 3.63) is 93.7 Å². The van der Waals surface area contributed by atoms with E-state index in [0.717, 1.165) is 5.56 Å². The number of para-hydroxylation sites is 2. The first-order valence-corrected chi connectivity index (χ1v) is 8.61. The van der Waals surface area contributed by atoms with Crippen molar-refractivity contribution in [2.24, 2.45) is 4.99 Å². The largest absolute Gasteiger partial charge is 0.423 e. The standard InChI is InChI=1S/C21H14ClN3O2/c22-15-11-9-14(10-12-15)13-23-18-7-3-1-5-16(18)20-24-19-8-4-2-6-17(19)21(26)25(20)27/h1-13,27H. The Hall–Kier alpha value is -3.44. The van der Waals surface area contributed by atoms with Gasteiger partial charge in [0.1, 0.15) is 0 Å². The number of hydrogen-bond donors (Lipinski definition) is 1. The topological polar surface area (TPSA) is 67.5 Å². The van der Waals surface area contributed by atoms with Gasteiger partial charge in [0.25, 0.3) is 5.56 Å². The zero-order valence-electron chi connectivity index (χ0n) is 14.1. The molecule has 0 saturated carbocycles. The maximum atomic E-state index is 12.5. The maximum absolute atomic E-state index is 12.5. The summed E-state index contributed by atoms with van der Waals surface area (Å²) in [6.07, 6.45) is 1.69. The van der Waals surface area contributed by atoms with Crippen LogP contribution in [0, 0.1) is 0 Å². The third-order valence-corrected chi connectivity index (χ3v) is 4.37. The molecule has 0 unspecified atom stereocenters. The van der Waals surface area contributed by atoms with Crippen LogP contribution in [0.2, 0.25) is 5.02 Å². The summed E-state index contributed by atoms with van der Waals surface area (Å²) >= 11 is 5.90. The van der Waals surface area contributed by atoms with Crippen LogP contribution in [0.1, 0.15) is 5.56 Å². The molecule has 0 fully saturated rings. The van der Waals surface area contributed by atoms with Crippen LogP contribution in [0.3, 0.4) is 0 Å². The molecule has 0 aliphatic rings. The van der Waals surface area contributed by atoms with Crippen molar-refractivity contribution in [2.75, 3.05) is 0 Å². The van der Waals surface area contributed by atoms with Gasteiger partial charge in [-0.1, -0.05) is 48.0 Å². The van der Waals surface area contributed by atoms with Crippen molar-refractivity contribution >= 4 is 34.4 Å². The van der Waals surface area contributed by atoms with Gasteiger partial charge in [-0.05, 0) is 42.0 Å². The normalized spacial score (nSPS) is 11.3. The Balaban J connectivity index is 1.84. The van der Waals surface area contributed by atoms with E-state index >= 15 is 0 Å². The van der Waals surface area contributed by atoms with Gasteiger partial charge in [-0.3, -0.25) is 9.79 Å². The molecule has 6 heteroatoms. The minimum atomic E-state index is -0.521. The lowest BCUT2D eigenvalue weighted by molar-refractivity contribution is 0.178. The zero-order valence-corrected chi connectivity index (χ0v) is 14.8. The van der Waals surface area contributed by atoms with Gasteiger partial charge >= 0.3 is 0 Å². The van der Waals surface area contributed by atoms with Crippen LogP contribution in [0.4, 0.5) is 5.69 Å². The summed E-state index contributed by atoms with van der Waals surface area (Å²) in [6.45, 7) is 0. The van der Waals surface area contributed by atoms with Crippen molar-refractivity contribution in [1.82, 2.24) is 9.71 Å². The van der Waals surface area contributed by atoms with E-state index in [1.807, 2.05) is 18.2 Å². The van der Waals surface area contributed by atoms with Crippen LogP contribution < -0.4 is 5.56 Å². The first-order chi connectivity index (χ1) is 13.1. The summed E-state index contributed by atoms with van der Waals surface area (Å²) in [6, 6.07) is 21.4. The van der Waals surface area contributed by atoms with Gasteiger partial charge in [0.05, 0.1) is 16.6 Å². The summed E-state index contributed by atoms with van der Waals surface area (Å²) in [7, 11) is 0. The Labute approximate surface area is 159 Å². The lowest BCUT2D eigenvalue weighted by Gasteiger charge is -2.09. The van der Waals surface area contributed by atoms with Gasteiger partial charge in [0.2, 0.25) is 0 Å². The molecule has 132 valence electrons. The third kappa shape index (κ3) is 3.32. The summed E-state index contributed by atoms with van der Waals surface area (Å²) < 4.78 is 0.568. The highest BCUT2D eigenvalue weighted by atomic mass is 35.5. The molecule has 4 aromatic rings. The van der Waals surface area contributed by atoms with E-state index in [-0.39, 0.29) is 5.82 Å². The monoisotopic (exact) mass is 375 g/mol. The first-order valence-electron chi connectivity index (χ1n) is 8.23. The van der Waals surface area contributed by atoms with E-state index in [2.05, 4.69) is 9.98 Å². The van der Waals surface area contributed by atoms with Gasteiger partial charge in [0, 0.05) is 16.8 Å². The van der Waals surface area contributed by atoms with Gasteiger partial charge < -0.3 is 5.21 Å². The highest BCUT2D eigenvalue weighted by Gasteiger charge is 2.14. The highest BCUT2D eigenvalue weighted by Crippen LogP contribution is 2.28. The molecule has 3 aromatic carbocycles. The number of aromatic nitrogens is 2. The van der Waals surface area contributed by atoms with Crippen LogP contribution in [0.5, 0.6) is 0 Å². The van der Waals surface area contributed by atoms with E-state index < -0.39 is 5.56 Å². The predicted molar refractivity (Wildman–Crippen MR) is 107 cm³/mol. The molecule has 0 amide bonds. The van der Waals surface area contributed by atoms with E-state index in [1.165, 1.54) is 0 Å². The maximum Gasteiger partial charge on any atom is 0.294 e. The van der Waals surface area contributed by atoms with Gasteiger partial charge in [0.15, 0.2) is 5.82 Å². The van der Waals surface area contributed by atoms with Gasteiger partial charge in [-0.2, -0.15) is 0 Å². The lowest BCUT2D eigenvalue weighted by Crippen LogP contribution is -2.21. The van der Waals surface area contributed by atoms with E-state index in [9.17, 15) is 10.0 Å². The van der Waals surface area contributed by atoms with Crippen molar-refractivity contribution < 1.29 is 5.21 Å². The second-order valence-electron chi connectivity index (χ2n) is 5.90. The van der Waals surface area contributed by atoms with Crippen LogP contribution >= 0.6 is 11.6 Å². The second kappa shape index (κ2) is 7.05. The molecule has 4 rings (SSSR count). The molecule has 5 nitrogen and oxygen atoms in total. The number of fused-ring (bicyclic) bond motifs is 1. The molecule has 1 aromatic heterocycles. The van der Waals surface area contributed by atoms with Crippen LogP contribution in [-0.2, 0) is 0 Å². The van der Waals surface area contributed by atoms with Crippen molar-refractivity contribution in [1.29, 1.82) is 0 Å². The fourth-order valence-electron chi connectivity index (χ4n) is 2.77. The molecular weight excluding hydrogens is 362 g/mol. The number of nitrogens with zero attached hydrogens (tertiary/aromatic N) is 3. The average Bonchev–Trinajstić information content (AvgIpc) is 2.71. The molecular formula is C21H14ClN3O2. The molecule has 0 bridgehead atoms. The molecule has 0 aliphatic heterocycles. The SMILES string of the molecule is O=c1c2ccccc2nc(-c2ccccc2N=Cc2ccc(Cl)cc2)n1O. The Morgan fingerprint density at radius 3 is 2.48 bits per heavy atom. The van der Waals surface area contributed by atoms with Crippen LogP contribution in [0.15, 0.2) is 82.6 Å². The van der Waals surface area contributed by atoms with Crippen LogP contribution in [0.25, 0.3) is 22.3 Å².